The minimum atomic E-state index is -3.68. The number of nitrogens with two attached hydrogens (primary N) is 1. The van der Waals surface area contributed by atoms with E-state index < -0.39 is 21.9 Å². The minimum Gasteiger partial charge on any atom is -0.496 e. The number of halogens is 2. The summed E-state index contributed by atoms with van der Waals surface area (Å²) in [4.78, 5) is 0.898. The van der Waals surface area contributed by atoms with Crippen molar-refractivity contribution < 1.29 is 22.3 Å². The Labute approximate surface area is 174 Å². The maximum Gasteiger partial charge on any atom is 0.213 e. The summed E-state index contributed by atoms with van der Waals surface area (Å²) < 4.78 is 49.6. The summed E-state index contributed by atoms with van der Waals surface area (Å²) >= 11 is 4.94. The van der Waals surface area contributed by atoms with Crippen molar-refractivity contribution in [1.29, 1.82) is 0 Å². The number of methoxy groups -OCH3 is 1. The molecule has 1 unspecified atom stereocenters. The van der Waals surface area contributed by atoms with E-state index in [9.17, 15) is 12.8 Å². The van der Waals surface area contributed by atoms with Crippen LogP contribution in [-0.4, -0.2) is 15.5 Å². The molecule has 9 heteroatoms. The lowest BCUT2D eigenvalue weighted by Crippen LogP contribution is -2.18. The molecule has 1 atom stereocenters. The minimum absolute atomic E-state index is 0.283. The van der Waals surface area contributed by atoms with Crippen molar-refractivity contribution in [3.63, 3.8) is 0 Å². The summed E-state index contributed by atoms with van der Waals surface area (Å²) in [6.07, 6.45) is -0.509. The van der Waals surface area contributed by atoms with Crippen LogP contribution in [-0.2, 0) is 15.8 Å². The average Bonchev–Trinajstić information content (AvgIpc) is 3.04. The number of hydrogen-bond acceptors (Lipinski definition) is 5. The van der Waals surface area contributed by atoms with Gasteiger partial charge < -0.3 is 9.47 Å². The van der Waals surface area contributed by atoms with Gasteiger partial charge in [-0.15, -0.1) is 11.3 Å². The molecule has 0 amide bonds. The topological polar surface area (TPSA) is 78.6 Å². The Hall–Kier alpha value is -1.94. The fourth-order valence-electron chi connectivity index (χ4n) is 3.33. The van der Waals surface area contributed by atoms with Crippen LogP contribution in [0.4, 0.5) is 4.39 Å². The molecule has 2 aromatic carbocycles. The van der Waals surface area contributed by atoms with Crippen LogP contribution in [0.5, 0.6) is 11.5 Å². The molecule has 1 aliphatic heterocycles. The van der Waals surface area contributed by atoms with Crippen molar-refractivity contribution in [2.24, 2.45) is 5.14 Å². The number of rotatable bonds is 4. The summed E-state index contributed by atoms with van der Waals surface area (Å²) in [6, 6.07) is 11.7. The Morgan fingerprint density at radius 2 is 2.04 bits per heavy atom. The molecule has 0 spiro atoms. The van der Waals surface area contributed by atoms with Gasteiger partial charge in [-0.25, -0.2) is 17.9 Å². The maximum absolute atomic E-state index is 14.1. The van der Waals surface area contributed by atoms with Crippen LogP contribution >= 0.6 is 27.3 Å². The van der Waals surface area contributed by atoms with Gasteiger partial charge in [-0.05, 0) is 39.2 Å². The molecule has 1 aliphatic rings. The SMILES string of the molecule is COc1cc(F)cc2c1-c1ccc(CS(N)(=O)=O)cc1C(c1ccc(Br)s1)O2. The van der Waals surface area contributed by atoms with Gasteiger partial charge in [0, 0.05) is 17.7 Å². The molecule has 1 aromatic heterocycles. The van der Waals surface area contributed by atoms with Gasteiger partial charge in [0.1, 0.15) is 17.3 Å². The predicted molar refractivity (Wildman–Crippen MR) is 110 cm³/mol. The van der Waals surface area contributed by atoms with E-state index in [1.165, 1.54) is 30.6 Å². The van der Waals surface area contributed by atoms with Crippen LogP contribution in [0.2, 0.25) is 0 Å². The number of hydrogen-bond donors (Lipinski definition) is 1. The van der Waals surface area contributed by atoms with Crippen LogP contribution < -0.4 is 14.6 Å². The third-order valence-electron chi connectivity index (χ3n) is 4.38. The third kappa shape index (κ3) is 3.67. The summed E-state index contributed by atoms with van der Waals surface area (Å²) in [5.41, 5.74) is 2.75. The van der Waals surface area contributed by atoms with E-state index in [-0.39, 0.29) is 5.75 Å². The van der Waals surface area contributed by atoms with E-state index in [1.54, 1.807) is 18.2 Å². The quantitative estimate of drug-likeness (QED) is 0.588. The van der Waals surface area contributed by atoms with Crippen LogP contribution in [0.15, 0.2) is 46.3 Å². The normalized spacial score (nSPS) is 15.5. The molecule has 0 saturated heterocycles. The second-order valence-corrected chi connectivity index (χ2v) is 10.5. The summed E-state index contributed by atoms with van der Waals surface area (Å²) in [7, 11) is -2.22. The molecular weight excluding hydrogens is 469 g/mol. The van der Waals surface area contributed by atoms with E-state index in [1.807, 2.05) is 12.1 Å². The van der Waals surface area contributed by atoms with Crippen molar-refractivity contribution in [2.75, 3.05) is 7.11 Å². The molecule has 4 rings (SSSR count). The lowest BCUT2D eigenvalue weighted by atomic mass is 9.90. The lowest BCUT2D eigenvalue weighted by molar-refractivity contribution is 0.244. The van der Waals surface area contributed by atoms with Crippen molar-refractivity contribution in [3.05, 3.63) is 68.1 Å². The van der Waals surface area contributed by atoms with Gasteiger partial charge in [-0.2, -0.15) is 0 Å². The van der Waals surface area contributed by atoms with Crippen LogP contribution in [0.1, 0.15) is 22.1 Å². The van der Waals surface area contributed by atoms with Gasteiger partial charge >= 0.3 is 0 Å². The second-order valence-electron chi connectivity index (χ2n) is 6.35. The van der Waals surface area contributed by atoms with Crippen molar-refractivity contribution in [3.8, 4) is 22.6 Å². The number of thiophene rings is 1. The highest BCUT2D eigenvalue weighted by Gasteiger charge is 2.31. The van der Waals surface area contributed by atoms with Crippen LogP contribution in [0.3, 0.4) is 0 Å². The Bertz CT molecular complexity index is 1180. The smallest absolute Gasteiger partial charge is 0.213 e. The number of sulfonamides is 1. The van der Waals surface area contributed by atoms with Crippen LogP contribution in [0.25, 0.3) is 11.1 Å². The largest absolute Gasteiger partial charge is 0.496 e. The van der Waals surface area contributed by atoms with E-state index in [0.717, 1.165) is 19.8 Å². The fraction of sp³-hybridized carbons (Fsp3) is 0.158. The molecule has 0 radical (unpaired) electrons. The molecule has 5 nitrogen and oxygen atoms in total. The molecule has 146 valence electrons. The molecule has 28 heavy (non-hydrogen) atoms. The van der Waals surface area contributed by atoms with Gasteiger partial charge in [-0.3, -0.25) is 0 Å². The fourth-order valence-corrected chi connectivity index (χ4v) is 5.44. The van der Waals surface area contributed by atoms with E-state index >= 15 is 0 Å². The molecular formula is C19H15BrFNO4S2. The number of primary sulfonamides is 1. The highest BCUT2D eigenvalue weighted by molar-refractivity contribution is 9.11. The maximum atomic E-state index is 14.1. The first-order valence-corrected chi connectivity index (χ1v) is 11.5. The van der Waals surface area contributed by atoms with Crippen LogP contribution in [0, 0.1) is 5.82 Å². The first-order valence-electron chi connectivity index (χ1n) is 8.18. The Kier molecular flexibility index (Phi) is 4.95. The summed E-state index contributed by atoms with van der Waals surface area (Å²) in [5.74, 6) is -0.0236. The Balaban J connectivity index is 1.94. The van der Waals surface area contributed by atoms with Crippen molar-refractivity contribution in [2.45, 2.75) is 11.9 Å². The number of ether oxygens (including phenoxy) is 2. The van der Waals surface area contributed by atoms with Gasteiger partial charge in [0.05, 0.1) is 27.1 Å². The highest BCUT2D eigenvalue weighted by atomic mass is 79.9. The van der Waals surface area contributed by atoms with Gasteiger partial charge in [0.15, 0.2) is 6.10 Å². The molecule has 0 bridgehead atoms. The van der Waals surface area contributed by atoms with E-state index in [2.05, 4.69) is 15.9 Å². The Morgan fingerprint density at radius 3 is 2.68 bits per heavy atom. The first-order chi connectivity index (χ1) is 13.2. The summed E-state index contributed by atoms with van der Waals surface area (Å²) in [5, 5.41) is 5.21. The van der Waals surface area contributed by atoms with Gasteiger partial charge in [-0.1, -0.05) is 18.2 Å². The van der Waals surface area contributed by atoms with Crippen molar-refractivity contribution in [1.82, 2.24) is 0 Å². The zero-order valence-corrected chi connectivity index (χ0v) is 17.8. The van der Waals surface area contributed by atoms with E-state index in [0.29, 0.717) is 22.6 Å². The highest BCUT2D eigenvalue weighted by Crippen LogP contribution is 2.50. The zero-order chi connectivity index (χ0) is 20.1. The zero-order valence-electron chi connectivity index (χ0n) is 14.6. The summed E-state index contributed by atoms with van der Waals surface area (Å²) in [6.45, 7) is 0. The third-order valence-corrected chi connectivity index (χ3v) is 6.79. The van der Waals surface area contributed by atoms with Gasteiger partial charge in [0.25, 0.3) is 0 Å². The molecule has 0 fully saturated rings. The first kappa shape index (κ1) is 19.4. The molecule has 0 saturated carbocycles. The van der Waals surface area contributed by atoms with E-state index in [4.69, 9.17) is 14.6 Å². The molecule has 2 heterocycles. The average molecular weight is 484 g/mol. The molecule has 2 N–H and O–H groups in total. The molecule has 0 aliphatic carbocycles. The molecule has 3 aromatic rings. The van der Waals surface area contributed by atoms with Gasteiger partial charge in [0.2, 0.25) is 10.0 Å². The second kappa shape index (κ2) is 7.14. The predicted octanol–water partition coefficient (Wildman–Crippen LogP) is 4.60. The number of fused-ring (bicyclic) bond motifs is 3. The Morgan fingerprint density at radius 1 is 1.25 bits per heavy atom. The monoisotopic (exact) mass is 483 g/mol. The standard InChI is InChI=1S/C19H15BrFNO4S2/c1-25-14-7-11(21)8-15-18(14)12-3-2-10(9-28(22,23)24)6-13(12)19(26-15)16-4-5-17(20)27-16/h2-8,19H,9H2,1H3,(H2,22,23,24). The van der Waals surface area contributed by atoms with Crippen molar-refractivity contribution >= 4 is 37.3 Å². The lowest BCUT2D eigenvalue weighted by Gasteiger charge is -2.30. The number of benzene rings is 2.